The summed E-state index contributed by atoms with van der Waals surface area (Å²) in [5, 5.41) is 2.37. The number of rotatable bonds is 7. The molecule has 0 bridgehead atoms. The Bertz CT molecular complexity index is 1420. The number of methoxy groups -OCH3 is 1. The highest BCUT2D eigenvalue weighted by molar-refractivity contribution is 5.96. The Morgan fingerprint density at radius 3 is 2.56 bits per heavy atom. The molecular formula is C28H28F4N4O3. The van der Waals surface area contributed by atoms with Crippen molar-refractivity contribution in [3.63, 3.8) is 0 Å². The van der Waals surface area contributed by atoms with Crippen LogP contribution in [0.4, 0.5) is 23.2 Å². The molecule has 0 aliphatic carbocycles. The minimum Gasteiger partial charge on any atom is -0.495 e. The molecule has 0 radical (unpaired) electrons. The number of hydrogen-bond acceptors (Lipinski definition) is 6. The molecule has 0 saturated heterocycles. The Balaban J connectivity index is 1.69. The largest absolute Gasteiger partial charge is 0.495 e. The van der Waals surface area contributed by atoms with Crippen LogP contribution in [0.25, 0.3) is 17.3 Å². The van der Waals surface area contributed by atoms with Crippen LogP contribution in [0.1, 0.15) is 52.9 Å². The molecule has 206 valence electrons. The molecule has 0 spiro atoms. The Morgan fingerprint density at radius 1 is 1.26 bits per heavy atom. The highest BCUT2D eigenvalue weighted by Gasteiger charge is 2.43. The second kappa shape index (κ2) is 10.8. The Morgan fingerprint density at radius 2 is 1.95 bits per heavy atom. The van der Waals surface area contributed by atoms with Gasteiger partial charge in [0.1, 0.15) is 28.9 Å². The zero-order valence-corrected chi connectivity index (χ0v) is 21.5. The number of nitrogens with two attached hydrogens (primary N) is 2. The quantitative estimate of drug-likeness (QED) is 0.272. The number of ether oxygens (including phenoxy) is 2. The predicted octanol–water partition coefficient (Wildman–Crippen LogP) is 5.37. The number of nitrogens with zero attached hydrogens (tertiary/aromatic N) is 1. The maximum Gasteiger partial charge on any atom is 0.398 e. The number of nitrogens with one attached hydrogen (secondary N) is 1. The fraction of sp³-hybridized carbons (Fsp3) is 0.286. The molecule has 39 heavy (non-hydrogen) atoms. The Kier molecular flexibility index (Phi) is 7.71. The van der Waals surface area contributed by atoms with Gasteiger partial charge in [0.05, 0.1) is 25.1 Å². The van der Waals surface area contributed by atoms with Gasteiger partial charge in [0.15, 0.2) is 0 Å². The number of allylic oxidation sites excluding steroid dienone is 1. The summed E-state index contributed by atoms with van der Waals surface area (Å²) in [4.78, 5) is 17.3. The number of benzene rings is 2. The standard InChI is InChI=1S/C28H28F4N4O3/c1-14-13-39-26-20(14)11-22(36-25(26)16-4-6-19(29)7-5-16)21(28(30,31)32)12-35-27(37)18-9-17(8-15(2)33)24(34)23(10-18)38-3/h4-11,14,21H,12-13,33-34H2,1-3H3,(H,35,37)/b15-8-. The van der Waals surface area contributed by atoms with E-state index in [9.17, 15) is 22.4 Å². The number of halogens is 4. The molecule has 11 heteroatoms. The smallest absolute Gasteiger partial charge is 0.398 e. The fourth-order valence-corrected chi connectivity index (χ4v) is 4.37. The average molecular weight is 545 g/mol. The molecule has 1 aliphatic rings. The Labute approximate surface area is 222 Å². The zero-order valence-electron chi connectivity index (χ0n) is 21.5. The molecule has 7 nitrogen and oxygen atoms in total. The molecule has 2 atom stereocenters. The van der Waals surface area contributed by atoms with Crippen LogP contribution in [0.2, 0.25) is 0 Å². The van der Waals surface area contributed by atoms with Crippen LogP contribution in [0.5, 0.6) is 11.5 Å². The molecule has 0 fully saturated rings. The van der Waals surface area contributed by atoms with Crippen LogP contribution < -0.4 is 26.3 Å². The van der Waals surface area contributed by atoms with Crippen molar-refractivity contribution in [2.45, 2.75) is 31.9 Å². The lowest BCUT2D eigenvalue weighted by atomic mass is 9.95. The van der Waals surface area contributed by atoms with Gasteiger partial charge in [-0.3, -0.25) is 4.79 Å². The number of amides is 1. The summed E-state index contributed by atoms with van der Waals surface area (Å²) in [5.74, 6) is -3.00. The number of carbonyl (C=O) groups is 1. The summed E-state index contributed by atoms with van der Waals surface area (Å²) < 4.78 is 67.5. The number of aromatic nitrogens is 1. The first-order chi connectivity index (χ1) is 18.4. The van der Waals surface area contributed by atoms with Gasteiger partial charge in [-0.1, -0.05) is 6.92 Å². The molecule has 5 N–H and O–H groups in total. The van der Waals surface area contributed by atoms with Crippen molar-refractivity contribution in [1.82, 2.24) is 10.3 Å². The van der Waals surface area contributed by atoms with Crippen molar-refractivity contribution in [1.29, 1.82) is 0 Å². The highest BCUT2D eigenvalue weighted by atomic mass is 19.4. The van der Waals surface area contributed by atoms with E-state index >= 15 is 0 Å². The van der Waals surface area contributed by atoms with Gasteiger partial charge < -0.3 is 26.3 Å². The van der Waals surface area contributed by atoms with E-state index in [2.05, 4.69) is 10.3 Å². The van der Waals surface area contributed by atoms with Crippen molar-refractivity contribution < 1.29 is 31.8 Å². The topological polar surface area (TPSA) is 112 Å². The summed E-state index contributed by atoms with van der Waals surface area (Å²) in [7, 11) is 1.36. The SMILES string of the molecule is COc1cc(C(=O)NCC(c2cc3c(c(-c4ccc(F)cc4)n2)OCC3C)C(F)(F)F)cc(/C=C(/C)N)c1N. The number of nitrogen functional groups attached to an aromatic ring is 1. The molecule has 2 heterocycles. The molecule has 4 rings (SSSR count). The van der Waals surface area contributed by atoms with Crippen LogP contribution >= 0.6 is 0 Å². The highest BCUT2D eigenvalue weighted by Crippen LogP contribution is 2.44. The van der Waals surface area contributed by atoms with E-state index in [1.54, 1.807) is 6.92 Å². The van der Waals surface area contributed by atoms with E-state index in [0.29, 0.717) is 28.1 Å². The molecular weight excluding hydrogens is 516 g/mol. The van der Waals surface area contributed by atoms with Crippen LogP contribution in [0.15, 0.2) is 48.2 Å². The fourth-order valence-electron chi connectivity index (χ4n) is 4.37. The minimum absolute atomic E-state index is 0.0467. The number of pyridine rings is 1. The molecule has 1 amide bonds. The molecule has 1 aliphatic heterocycles. The number of hydrogen-bond donors (Lipinski definition) is 3. The maximum absolute atomic E-state index is 14.3. The minimum atomic E-state index is -4.74. The van der Waals surface area contributed by atoms with Gasteiger partial charge in [-0.05, 0) is 55.5 Å². The van der Waals surface area contributed by atoms with Gasteiger partial charge in [0, 0.05) is 40.4 Å². The monoisotopic (exact) mass is 544 g/mol. The van der Waals surface area contributed by atoms with Gasteiger partial charge in [0.2, 0.25) is 0 Å². The van der Waals surface area contributed by atoms with Crippen molar-refractivity contribution in [2.24, 2.45) is 5.73 Å². The number of anilines is 1. The van der Waals surface area contributed by atoms with Crippen molar-refractivity contribution in [2.75, 3.05) is 26.0 Å². The molecule has 1 aromatic heterocycles. The summed E-state index contributed by atoms with van der Waals surface area (Å²) >= 11 is 0. The predicted molar refractivity (Wildman–Crippen MR) is 140 cm³/mol. The third-order valence-corrected chi connectivity index (χ3v) is 6.41. The van der Waals surface area contributed by atoms with Gasteiger partial charge in [-0.25, -0.2) is 9.37 Å². The number of carbonyl (C=O) groups excluding carboxylic acids is 1. The Hall–Kier alpha value is -4.28. The van der Waals surface area contributed by atoms with Crippen LogP contribution in [-0.2, 0) is 0 Å². The summed E-state index contributed by atoms with van der Waals surface area (Å²) in [5.41, 5.74) is 13.8. The van der Waals surface area contributed by atoms with Crippen molar-refractivity contribution in [3.8, 4) is 22.8 Å². The summed E-state index contributed by atoms with van der Waals surface area (Å²) in [6.07, 6.45) is -3.21. The summed E-state index contributed by atoms with van der Waals surface area (Å²) in [6, 6.07) is 9.40. The lowest BCUT2D eigenvalue weighted by Gasteiger charge is -2.22. The van der Waals surface area contributed by atoms with E-state index < -0.39 is 30.4 Å². The molecule has 2 aromatic carbocycles. The van der Waals surface area contributed by atoms with Crippen molar-refractivity contribution >= 4 is 17.7 Å². The van der Waals surface area contributed by atoms with Gasteiger partial charge in [-0.2, -0.15) is 13.2 Å². The maximum atomic E-state index is 14.3. The zero-order chi connectivity index (χ0) is 28.5. The van der Waals surface area contributed by atoms with Crippen LogP contribution in [0.3, 0.4) is 0 Å². The lowest BCUT2D eigenvalue weighted by molar-refractivity contribution is -0.149. The molecule has 2 unspecified atom stereocenters. The lowest BCUT2D eigenvalue weighted by Crippen LogP contribution is -2.35. The third kappa shape index (κ3) is 5.92. The molecule has 3 aromatic rings. The van der Waals surface area contributed by atoms with Gasteiger partial charge >= 0.3 is 6.18 Å². The van der Waals surface area contributed by atoms with E-state index in [-0.39, 0.29) is 40.9 Å². The van der Waals surface area contributed by atoms with Gasteiger partial charge in [0.25, 0.3) is 5.91 Å². The number of fused-ring (bicyclic) bond motifs is 1. The number of alkyl halides is 3. The van der Waals surface area contributed by atoms with Gasteiger partial charge in [-0.15, -0.1) is 0 Å². The van der Waals surface area contributed by atoms with Crippen LogP contribution in [0, 0.1) is 5.82 Å². The average Bonchev–Trinajstić information content (AvgIpc) is 3.24. The van der Waals surface area contributed by atoms with Crippen LogP contribution in [-0.4, -0.2) is 37.3 Å². The van der Waals surface area contributed by atoms with E-state index in [0.717, 1.165) is 0 Å². The first-order valence-corrected chi connectivity index (χ1v) is 12.1. The second-order valence-corrected chi connectivity index (χ2v) is 9.41. The summed E-state index contributed by atoms with van der Waals surface area (Å²) in [6.45, 7) is 2.96. The van der Waals surface area contributed by atoms with Crippen molar-refractivity contribution in [3.05, 3.63) is 76.4 Å². The van der Waals surface area contributed by atoms with E-state index in [1.165, 1.54) is 55.7 Å². The second-order valence-electron chi connectivity index (χ2n) is 9.41. The molecule has 0 saturated carbocycles. The normalized spacial score (nSPS) is 15.9. The van der Waals surface area contributed by atoms with E-state index in [1.807, 2.05) is 6.92 Å². The first-order valence-electron chi connectivity index (χ1n) is 12.1. The first kappa shape index (κ1) is 27.7. The third-order valence-electron chi connectivity index (χ3n) is 6.41. The van der Waals surface area contributed by atoms with E-state index in [4.69, 9.17) is 20.9 Å².